The minimum atomic E-state index is -5.05. The van der Waals surface area contributed by atoms with Crippen LogP contribution in [0.2, 0.25) is 0 Å². The number of rotatable bonds is 7. The molecule has 8 nitrogen and oxygen atoms in total. The monoisotopic (exact) mass is 417 g/mol. The van der Waals surface area contributed by atoms with Gasteiger partial charge in [-0.15, -0.1) is 13.2 Å². The Morgan fingerprint density at radius 3 is 2.62 bits per heavy atom. The molecule has 12 heteroatoms. The van der Waals surface area contributed by atoms with Crippen molar-refractivity contribution in [3.8, 4) is 5.75 Å². The molecular formula is C17H17F4N4O4+. The van der Waals surface area contributed by atoms with Crippen molar-refractivity contribution in [3.05, 3.63) is 51.7 Å². The van der Waals surface area contributed by atoms with E-state index in [1.165, 1.54) is 18.7 Å². The fourth-order valence-electron chi connectivity index (χ4n) is 2.30. The van der Waals surface area contributed by atoms with E-state index in [4.69, 9.17) is 4.74 Å². The SMILES string of the molecule is C=[N+](C)c1nc(C(=O)N[C@H](COC)c2ccc(OC(F)(F)F)c(F)c2)cc(=O)[nH]1. The molecule has 1 heterocycles. The van der Waals surface area contributed by atoms with E-state index in [-0.39, 0.29) is 23.8 Å². The fourth-order valence-corrected chi connectivity index (χ4v) is 2.30. The maximum atomic E-state index is 14.0. The second-order valence-electron chi connectivity index (χ2n) is 5.87. The van der Waals surface area contributed by atoms with Gasteiger partial charge in [0.15, 0.2) is 11.6 Å². The highest BCUT2D eigenvalue weighted by Gasteiger charge is 2.32. The van der Waals surface area contributed by atoms with Crippen LogP contribution in [0.1, 0.15) is 22.1 Å². The van der Waals surface area contributed by atoms with Gasteiger partial charge in [0.2, 0.25) is 5.69 Å². The van der Waals surface area contributed by atoms with Gasteiger partial charge in [-0.3, -0.25) is 9.59 Å². The number of amides is 1. The molecule has 0 radical (unpaired) electrons. The molecule has 0 unspecified atom stereocenters. The lowest BCUT2D eigenvalue weighted by Crippen LogP contribution is -2.33. The maximum Gasteiger partial charge on any atom is 0.573 e. The van der Waals surface area contributed by atoms with E-state index in [9.17, 15) is 27.2 Å². The van der Waals surface area contributed by atoms with Crippen molar-refractivity contribution in [2.45, 2.75) is 12.4 Å². The average molecular weight is 417 g/mol. The number of hydrogen-bond donors (Lipinski definition) is 2. The summed E-state index contributed by atoms with van der Waals surface area (Å²) in [6.07, 6.45) is -5.05. The third kappa shape index (κ3) is 6.10. The van der Waals surface area contributed by atoms with Crippen molar-refractivity contribution in [1.82, 2.24) is 15.3 Å². The van der Waals surface area contributed by atoms with Crippen LogP contribution in [0, 0.1) is 5.82 Å². The standard InChI is InChI=1S/C17H16F4N4O4/c1-25(2)16-23-11(7-14(26)24-16)15(27)22-12(8-28-3)9-4-5-13(10(18)6-9)29-17(19,20)21/h4-7,12H,1,8H2,2-3H3,(H-,22,23,24,26,27)/p+1/t12-/m1/s1. The van der Waals surface area contributed by atoms with Gasteiger partial charge in [0.25, 0.3) is 5.91 Å². The lowest BCUT2D eigenvalue weighted by molar-refractivity contribution is -0.404. The first-order valence-electron chi connectivity index (χ1n) is 8.00. The molecule has 2 aromatic rings. The number of methoxy groups -OCH3 is 1. The predicted molar refractivity (Wildman–Crippen MR) is 93.0 cm³/mol. The first-order chi connectivity index (χ1) is 13.5. The number of halogens is 4. The van der Waals surface area contributed by atoms with Gasteiger partial charge in [-0.25, -0.2) is 13.9 Å². The summed E-state index contributed by atoms with van der Waals surface area (Å²) in [5, 5.41) is 2.49. The topological polar surface area (TPSA) is 96.3 Å². The predicted octanol–water partition coefficient (Wildman–Crippen LogP) is 1.90. The van der Waals surface area contributed by atoms with Gasteiger partial charge in [0, 0.05) is 13.8 Å². The van der Waals surface area contributed by atoms with Crippen molar-refractivity contribution in [2.24, 2.45) is 0 Å². The Hall–Kier alpha value is -3.28. The number of H-pyrrole nitrogens is 1. The number of nitrogens with one attached hydrogen (secondary N) is 2. The van der Waals surface area contributed by atoms with Crippen molar-refractivity contribution in [3.63, 3.8) is 0 Å². The van der Waals surface area contributed by atoms with E-state index in [0.717, 1.165) is 24.3 Å². The number of aromatic nitrogens is 2. The van der Waals surface area contributed by atoms with Gasteiger partial charge in [-0.2, -0.15) is 0 Å². The summed E-state index contributed by atoms with van der Waals surface area (Å²) in [6, 6.07) is 2.73. The van der Waals surface area contributed by atoms with Gasteiger partial charge < -0.3 is 14.8 Å². The quantitative estimate of drug-likeness (QED) is 0.408. The summed E-state index contributed by atoms with van der Waals surface area (Å²) in [5.41, 5.74) is -0.719. The first-order valence-corrected chi connectivity index (χ1v) is 8.00. The first kappa shape index (κ1) is 22.0. The highest BCUT2D eigenvalue weighted by Crippen LogP contribution is 2.28. The number of ether oxygens (including phenoxy) is 2. The van der Waals surface area contributed by atoms with E-state index >= 15 is 0 Å². The Morgan fingerprint density at radius 2 is 2.07 bits per heavy atom. The third-order valence-corrected chi connectivity index (χ3v) is 3.55. The van der Waals surface area contributed by atoms with Crippen molar-refractivity contribution in [2.75, 3.05) is 20.8 Å². The molecule has 1 amide bonds. The molecule has 29 heavy (non-hydrogen) atoms. The summed E-state index contributed by atoms with van der Waals surface area (Å²) in [5.74, 6) is -3.03. The molecule has 0 bridgehead atoms. The largest absolute Gasteiger partial charge is 0.573 e. The minimum Gasteiger partial charge on any atom is -0.403 e. The van der Waals surface area contributed by atoms with Crippen LogP contribution in [0.25, 0.3) is 0 Å². The van der Waals surface area contributed by atoms with Crippen molar-refractivity contribution >= 4 is 18.6 Å². The van der Waals surface area contributed by atoms with Gasteiger partial charge >= 0.3 is 17.9 Å². The summed E-state index contributed by atoms with van der Waals surface area (Å²) < 4.78 is 60.6. The van der Waals surface area contributed by atoms with Crippen LogP contribution < -0.4 is 15.6 Å². The zero-order chi connectivity index (χ0) is 21.8. The molecule has 0 fully saturated rings. The normalized spacial score (nSPS) is 12.3. The summed E-state index contributed by atoms with van der Waals surface area (Å²) in [7, 11) is 2.82. The highest BCUT2D eigenvalue weighted by molar-refractivity contribution is 5.92. The Morgan fingerprint density at radius 1 is 1.38 bits per heavy atom. The van der Waals surface area contributed by atoms with Crippen LogP contribution >= 0.6 is 0 Å². The molecule has 0 saturated carbocycles. The minimum absolute atomic E-state index is 0.0330. The van der Waals surface area contributed by atoms with E-state index < -0.39 is 35.4 Å². The van der Waals surface area contributed by atoms with Crippen LogP contribution in [-0.2, 0) is 4.74 Å². The molecule has 1 aromatic carbocycles. The molecule has 1 aromatic heterocycles. The molecule has 2 rings (SSSR count). The van der Waals surface area contributed by atoms with Crippen LogP contribution in [0.15, 0.2) is 29.1 Å². The number of aromatic amines is 1. The number of benzene rings is 1. The molecule has 156 valence electrons. The maximum absolute atomic E-state index is 14.0. The fraction of sp³-hybridized carbons (Fsp3) is 0.294. The third-order valence-electron chi connectivity index (χ3n) is 3.55. The summed E-state index contributed by atoms with van der Waals surface area (Å²) in [4.78, 5) is 30.5. The van der Waals surface area contributed by atoms with Gasteiger partial charge in [0.05, 0.1) is 25.8 Å². The van der Waals surface area contributed by atoms with Crippen molar-refractivity contribution in [1.29, 1.82) is 0 Å². The molecule has 0 aliphatic heterocycles. The number of nitrogens with zero attached hydrogens (tertiary/aromatic N) is 2. The number of alkyl halides is 3. The number of carbonyl (C=O) groups is 1. The Kier molecular flexibility index (Phi) is 6.69. The molecule has 0 aliphatic rings. The number of carbonyl (C=O) groups excluding carboxylic acids is 1. The lowest BCUT2D eigenvalue weighted by Gasteiger charge is -2.19. The summed E-state index contributed by atoms with van der Waals surface area (Å²) >= 11 is 0. The lowest BCUT2D eigenvalue weighted by atomic mass is 10.1. The Labute approximate surface area is 161 Å². The van der Waals surface area contributed by atoms with Crippen LogP contribution in [-0.4, -0.2) is 54.3 Å². The Balaban J connectivity index is 2.28. The zero-order valence-corrected chi connectivity index (χ0v) is 15.3. The smallest absolute Gasteiger partial charge is 0.403 e. The second kappa shape index (κ2) is 8.82. The van der Waals surface area contributed by atoms with E-state index in [0.29, 0.717) is 0 Å². The second-order valence-corrected chi connectivity index (χ2v) is 5.87. The van der Waals surface area contributed by atoms with Crippen LogP contribution in [0.4, 0.5) is 23.5 Å². The molecule has 0 spiro atoms. The van der Waals surface area contributed by atoms with Crippen LogP contribution in [0.5, 0.6) is 5.75 Å². The zero-order valence-electron chi connectivity index (χ0n) is 15.3. The number of hydrogen-bond acceptors (Lipinski definition) is 5. The molecule has 0 saturated heterocycles. The van der Waals surface area contributed by atoms with Crippen molar-refractivity contribution < 1.29 is 36.4 Å². The molecule has 1 atom stereocenters. The molecule has 2 N–H and O–H groups in total. The average Bonchev–Trinajstić information content (AvgIpc) is 2.61. The molecular weight excluding hydrogens is 400 g/mol. The van der Waals surface area contributed by atoms with E-state index in [1.54, 1.807) is 0 Å². The van der Waals surface area contributed by atoms with Gasteiger partial charge in [0.1, 0.15) is 0 Å². The van der Waals surface area contributed by atoms with Gasteiger partial charge in [-0.1, -0.05) is 11.1 Å². The highest BCUT2D eigenvalue weighted by atomic mass is 19.4. The van der Waals surface area contributed by atoms with Crippen LogP contribution in [0.3, 0.4) is 0 Å². The van der Waals surface area contributed by atoms with E-state index in [2.05, 4.69) is 26.7 Å². The van der Waals surface area contributed by atoms with E-state index in [1.807, 2.05) is 0 Å². The Bertz CT molecular complexity index is 975. The van der Waals surface area contributed by atoms with Gasteiger partial charge in [-0.05, 0) is 17.7 Å². The summed E-state index contributed by atoms with van der Waals surface area (Å²) in [6.45, 7) is 3.42. The molecule has 0 aliphatic carbocycles.